The number of rotatable bonds is 7. The number of anilines is 2. The lowest BCUT2D eigenvalue weighted by Gasteiger charge is -2.23. The van der Waals surface area contributed by atoms with Crippen LogP contribution in [0.1, 0.15) is 11.1 Å². The highest BCUT2D eigenvalue weighted by atomic mass is 32.2. The van der Waals surface area contributed by atoms with Crippen molar-refractivity contribution in [3.05, 3.63) is 90.0 Å². The van der Waals surface area contributed by atoms with E-state index in [0.717, 1.165) is 21.0 Å². The molecule has 1 heterocycles. The van der Waals surface area contributed by atoms with Crippen molar-refractivity contribution in [2.75, 3.05) is 16.2 Å². The molecule has 7 nitrogen and oxygen atoms in total. The minimum Gasteiger partial charge on any atom is -0.299 e. The summed E-state index contributed by atoms with van der Waals surface area (Å²) in [7, 11) is -3.96. The number of carbonyl (C=O) groups excluding carboxylic acids is 1. The summed E-state index contributed by atoms with van der Waals surface area (Å²) in [5.41, 5.74) is 3.36. The maximum atomic E-state index is 13.4. The highest BCUT2D eigenvalue weighted by Gasteiger charge is 2.27. The monoisotopic (exact) mass is 478 g/mol. The molecule has 0 atom stereocenters. The standard InChI is InChI=1S/C24H22N4O3S2/c1-17-8-12-19(13-9-17)23-26-27-24(32-23)25-22(29)16-28(20-6-4-3-5-7-20)33(30,31)21-14-10-18(2)11-15-21/h3-15H,16H2,1-2H3,(H,25,27,29). The van der Waals surface area contributed by atoms with Gasteiger partial charge in [0.25, 0.3) is 10.0 Å². The first-order chi connectivity index (χ1) is 15.8. The quantitative estimate of drug-likeness (QED) is 0.417. The van der Waals surface area contributed by atoms with E-state index in [4.69, 9.17) is 0 Å². The number of amides is 1. The summed E-state index contributed by atoms with van der Waals surface area (Å²) >= 11 is 1.23. The Morgan fingerprint density at radius 3 is 2.12 bits per heavy atom. The van der Waals surface area contributed by atoms with E-state index in [-0.39, 0.29) is 4.90 Å². The number of hydrogen-bond donors (Lipinski definition) is 1. The van der Waals surface area contributed by atoms with Crippen LogP contribution in [0.2, 0.25) is 0 Å². The molecule has 33 heavy (non-hydrogen) atoms. The van der Waals surface area contributed by atoms with E-state index in [9.17, 15) is 13.2 Å². The van der Waals surface area contributed by atoms with E-state index in [1.807, 2.05) is 38.1 Å². The molecular weight excluding hydrogens is 456 g/mol. The Morgan fingerprint density at radius 1 is 0.879 bits per heavy atom. The van der Waals surface area contributed by atoms with Crippen LogP contribution in [0.4, 0.5) is 10.8 Å². The third kappa shape index (κ3) is 5.27. The molecule has 1 amide bonds. The second kappa shape index (κ2) is 9.51. The van der Waals surface area contributed by atoms with Gasteiger partial charge in [-0.1, -0.05) is 77.1 Å². The van der Waals surface area contributed by atoms with Crippen molar-refractivity contribution in [2.24, 2.45) is 0 Å². The number of aryl methyl sites for hydroxylation is 2. The zero-order valence-electron chi connectivity index (χ0n) is 18.1. The van der Waals surface area contributed by atoms with Gasteiger partial charge in [-0.15, -0.1) is 10.2 Å². The first-order valence-electron chi connectivity index (χ1n) is 10.2. The van der Waals surface area contributed by atoms with E-state index in [1.54, 1.807) is 42.5 Å². The summed E-state index contributed by atoms with van der Waals surface area (Å²) < 4.78 is 27.8. The third-order valence-electron chi connectivity index (χ3n) is 4.91. The van der Waals surface area contributed by atoms with Crippen molar-refractivity contribution in [1.29, 1.82) is 0 Å². The van der Waals surface area contributed by atoms with Crippen LogP contribution in [0.25, 0.3) is 10.6 Å². The highest BCUT2D eigenvalue weighted by Crippen LogP contribution is 2.27. The van der Waals surface area contributed by atoms with Gasteiger partial charge in [0.15, 0.2) is 0 Å². The summed E-state index contributed by atoms with van der Waals surface area (Å²) in [6.07, 6.45) is 0. The fraction of sp³-hybridized carbons (Fsp3) is 0.125. The van der Waals surface area contributed by atoms with E-state index in [0.29, 0.717) is 15.8 Å². The van der Waals surface area contributed by atoms with Gasteiger partial charge < -0.3 is 0 Å². The second-order valence-electron chi connectivity index (χ2n) is 7.49. The summed E-state index contributed by atoms with van der Waals surface area (Å²) in [5.74, 6) is -0.513. The van der Waals surface area contributed by atoms with Gasteiger partial charge in [0.2, 0.25) is 11.0 Å². The minimum atomic E-state index is -3.96. The molecule has 3 aromatic carbocycles. The number of hydrogen-bond acceptors (Lipinski definition) is 6. The number of para-hydroxylation sites is 1. The minimum absolute atomic E-state index is 0.113. The van der Waals surface area contributed by atoms with Gasteiger partial charge in [0, 0.05) is 5.56 Å². The molecule has 9 heteroatoms. The molecule has 0 fully saturated rings. The van der Waals surface area contributed by atoms with Crippen molar-refractivity contribution in [3.8, 4) is 10.6 Å². The number of sulfonamides is 1. The van der Waals surface area contributed by atoms with E-state index < -0.39 is 22.5 Å². The van der Waals surface area contributed by atoms with Gasteiger partial charge >= 0.3 is 0 Å². The highest BCUT2D eigenvalue weighted by molar-refractivity contribution is 7.92. The lowest BCUT2D eigenvalue weighted by molar-refractivity contribution is -0.114. The lowest BCUT2D eigenvalue weighted by Crippen LogP contribution is -2.38. The van der Waals surface area contributed by atoms with E-state index in [2.05, 4.69) is 15.5 Å². The van der Waals surface area contributed by atoms with Gasteiger partial charge in [-0.05, 0) is 38.1 Å². The largest absolute Gasteiger partial charge is 0.299 e. The van der Waals surface area contributed by atoms with E-state index in [1.165, 1.54) is 23.5 Å². The molecule has 0 aliphatic rings. The number of benzene rings is 3. The molecule has 0 unspecified atom stereocenters. The molecule has 168 valence electrons. The summed E-state index contributed by atoms with van der Waals surface area (Å²) in [6.45, 7) is 3.48. The van der Waals surface area contributed by atoms with Crippen molar-refractivity contribution in [3.63, 3.8) is 0 Å². The molecule has 1 N–H and O–H groups in total. The Balaban J connectivity index is 1.56. The SMILES string of the molecule is Cc1ccc(-c2nnc(NC(=O)CN(c3ccccc3)S(=O)(=O)c3ccc(C)cc3)s2)cc1. The molecular formula is C24H22N4O3S2. The molecule has 0 saturated carbocycles. The Labute approximate surface area is 196 Å². The van der Waals surface area contributed by atoms with E-state index >= 15 is 0 Å². The normalized spacial score (nSPS) is 11.2. The van der Waals surface area contributed by atoms with Crippen LogP contribution in [0.15, 0.2) is 83.8 Å². The van der Waals surface area contributed by atoms with Crippen LogP contribution >= 0.6 is 11.3 Å². The predicted molar refractivity (Wildman–Crippen MR) is 131 cm³/mol. The molecule has 0 spiro atoms. The molecule has 1 aromatic heterocycles. The number of carbonyl (C=O) groups is 1. The first-order valence-corrected chi connectivity index (χ1v) is 12.4. The van der Waals surface area contributed by atoms with Crippen LogP contribution in [0.5, 0.6) is 0 Å². The number of nitrogens with zero attached hydrogens (tertiary/aromatic N) is 3. The third-order valence-corrected chi connectivity index (χ3v) is 7.59. The van der Waals surface area contributed by atoms with Crippen LogP contribution in [-0.4, -0.2) is 31.1 Å². The zero-order chi connectivity index (χ0) is 23.4. The zero-order valence-corrected chi connectivity index (χ0v) is 19.7. The Bertz CT molecular complexity index is 1350. The van der Waals surface area contributed by atoms with Crippen LogP contribution in [0.3, 0.4) is 0 Å². The van der Waals surface area contributed by atoms with Crippen molar-refractivity contribution in [1.82, 2.24) is 10.2 Å². The van der Waals surface area contributed by atoms with Crippen molar-refractivity contribution < 1.29 is 13.2 Å². The smallest absolute Gasteiger partial charge is 0.264 e. The predicted octanol–water partition coefficient (Wildman–Crippen LogP) is 4.66. The summed E-state index contributed by atoms with van der Waals surface area (Å²) in [4.78, 5) is 13.0. The van der Waals surface area contributed by atoms with Crippen LogP contribution in [0, 0.1) is 13.8 Å². The average molecular weight is 479 g/mol. The van der Waals surface area contributed by atoms with Crippen LogP contribution < -0.4 is 9.62 Å². The average Bonchev–Trinajstić information content (AvgIpc) is 3.27. The molecule has 0 saturated heterocycles. The maximum absolute atomic E-state index is 13.4. The fourth-order valence-electron chi connectivity index (χ4n) is 3.12. The van der Waals surface area contributed by atoms with Gasteiger partial charge in [0.05, 0.1) is 10.6 Å². The molecule has 4 aromatic rings. The van der Waals surface area contributed by atoms with Gasteiger partial charge in [-0.3, -0.25) is 14.4 Å². The maximum Gasteiger partial charge on any atom is 0.264 e. The van der Waals surface area contributed by atoms with Crippen molar-refractivity contribution in [2.45, 2.75) is 18.7 Å². The number of nitrogens with one attached hydrogen (secondary N) is 1. The Hall–Kier alpha value is -3.56. The molecule has 4 rings (SSSR count). The second-order valence-corrected chi connectivity index (χ2v) is 10.3. The Morgan fingerprint density at radius 2 is 1.48 bits per heavy atom. The fourth-order valence-corrected chi connectivity index (χ4v) is 5.31. The summed E-state index contributed by atoms with van der Waals surface area (Å²) in [6, 6.07) is 22.9. The van der Waals surface area contributed by atoms with Crippen molar-refractivity contribution >= 4 is 38.1 Å². The topological polar surface area (TPSA) is 92.3 Å². The summed E-state index contributed by atoms with van der Waals surface area (Å²) in [5, 5.41) is 11.8. The molecule has 0 radical (unpaired) electrons. The van der Waals surface area contributed by atoms with Gasteiger partial charge in [0.1, 0.15) is 11.6 Å². The number of aromatic nitrogens is 2. The molecule has 0 aliphatic heterocycles. The van der Waals surface area contributed by atoms with Gasteiger partial charge in [-0.25, -0.2) is 8.42 Å². The lowest BCUT2D eigenvalue weighted by atomic mass is 10.2. The van der Waals surface area contributed by atoms with Gasteiger partial charge in [-0.2, -0.15) is 0 Å². The van der Waals surface area contributed by atoms with Crippen LogP contribution in [-0.2, 0) is 14.8 Å². The molecule has 0 aliphatic carbocycles. The first kappa shape index (κ1) is 22.6. The molecule has 0 bridgehead atoms. The Kier molecular flexibility index (Phi) is 6.52.